The molecule has 0 unspecified atom stereocenters. The van der Waals surface area contributed by atoms with Crippen LogP contribution in [0, 0.1) is 6.92 Å². The molecule has 0 aliphatic heterocycles. The number of nitrogens with zero attached hydrogens (tertiary/aromatic N) is 2. The Morgan fingerprint density at radius 2 is 2.00 bits per heavy atom. The lowest BCUT2D eigenvalue weighted by atomic mass is 10.2. The van der Waals surface area contributed by atoms with Gasteiger partial charge in [0, 0.05) is 23.2 Å². The maximum atomic E-state index is 12.0. The van der Waals surface area contributed by atoms with Crippen molar-refractivity contribution < 1.29 is 13.9 Å². The van der Waals surface area contributed by atoms with Gasteiger partial charge in [-0.2, -0.15) is 0 Å². The van der Waals surface area contributed by atoms with Crippen molar-refractivity contribution in [2.45, 2.75) is 6.92 Å². The van der Waals surface area contributed by atoms with E-state index in [1.54, 1.807) is 49.4 Å². The first-order chi connectivity index (χ1) is 11.6. The lowest BCUT2D eigenvalue weighted by Crippen LogP contribution is -2.20. The standard InChI is InChI=1S/C17H14ClN3O3/c1-11-20-21-17(24-11)12-3-2-4-14(9-12)19-16(22)10-23-15-7-5-13(18)6-8-15/h2-9H,10H2,1H3,(H,19,22). The normalized spacial score (nSPS) is 10.4. The van der Waals surface area contributed by atoms with E-state index in [4.69, 9.17) is 20.8 Å². The third kappa shape index (κ3) is 4.11. The van der Waals surface area contributed by atoms with Crippen LogP contribution >= 0.6 is 11.6 Å². The summed E-state index contributed by atoms with van der Waals surface area (Å²) >= 11 is 5.80. The summed E-state index contributed by atoms with van der Waals surface area (Å²) < 4.78 is 10.8. The van der Waals surface area contributed by atoms with E-state index >= 15 is 0 Å². The molecule has 6 nitrogen and oxygen atoms in total. The Labute approximate surface area is 143 Å². The van der Waals surface area contributed by atoms with Crippen LogP contribution in [-0.2, 0) is 4.79 Å². The number of aromatic nitrogens is 2. The monoisotopic (exact) mass is 343 g/mol. The Morgan fingerprint density at radius 1 is 1.21 bits per heavy atom. The highest BCUT2D eigenvalue weighted by Gasteiger charge is 2.08. The molecular weight excluding hydrogens is 330 g/mol. The third-order valence-electron chi connectivity index (χ3n) is 3.10. The predicted octanol–water partition coefficient (Wildman–Crippen LogP) is 3.72. The Morgan fingerprint density at radius 3 is 2.71 bits per heavy atom. The van der Waals surface area contributed by atoms with Crippen LogP contribution in [0.1, 0.15) is 5.89 Å². The maximum absolute atomic E-state index is 12.0. The van der Waals surface area contributed by atoms with Crippen molar-refractivity contribution in [3.05, 3.63) is 59.4 Å². The lowest BCUT2D eigenvalue weighted by Gasteiger charge is -2.08. The number of anilines is 1. The molecule has 0 spiro atoms. The highest BCUT2D eigenvalue weighted by Crippen LogP contribution is 2.21. The summed E-state index contributed by atoms with van der Waals surface area (Å²) in [6, 6.07) is 14.0. The number of carbonyl (C=O) groups excluding carboxylic acids is 1. The van der Waals surface area contributed by atoms with Gasteiger partial charge in [-0.15, -0.1) is 10.2 Å². The molecule has 1 N–H and O–H groups in total. The third-order valence-corrected chi connectivity index (χ3v) is 3.35. The number of hydrogen-bond acceptors (Lipinski definition) is 5. The first kappa shape index (κ1) is 16.0. The van der Waals surface area contributed by atoms with Crippen LogP contribution in [0.3, 0.4) is 0 Å². The van der Waals surface area contributed by atoms with Gasteiger partial charge in [-0.25, -0.2) is 0 Å². The minimum Gasteiger partial charge on any atom is -0.484 e. The van der Waals surface area contributed by atoms with Crippen LogP contribution in [0.2, 0.25) is 5.02 Å². The quantitative estimate of drug-likeness (QED) is 0.764. The average Bonchev–Trinajstić information content (AvgIpc) is 3.01. The molecule has 1 heterocycles. The number of halogens is 1. The van der Waals surface area contributed by atoms with Gasteiger partial charge in [0.25, 0.3) is 5.91 Å². The second kappa shape index (κ2) is 7.14. The van der Waals surface area contributed by atoms with Crippen molar-refractivity contribution in [2.75, 3.05) is 11.9 Å². The van der Waals surface area contributed by atoms with E-state index in [9.17, 15) is 4.79 Å². The molecule has 3 aromatic rings. The van der Waals surface area contributed by atoms with E-state index in [1.165, 1.54) is 0 Å². The lowest BCUT2D eigenvalue weighted by molar-refractivity contribution is -0.118. The summed E-state index contributed by atoms with van der Waals surface area (Å²) in [5, 5.41) is 11.1. The number of ether oxygens (including phenoxy) is 1. The molecule has 0 saturated heterocycles. The Kier molecular flexibility index (Phi) is 4.77. The molecular formula is C17H14ClN3O3. The van der Waals surface area contributed by atoms with Gasteiger partial charge in [0.2, 0.25) is 11.8 Å². The topological polar surface area (TPSA) is 77.2 Å². The van der Waals surface area contributed by atoms with E-state index < -0.39 is 0 Å². The molecule has 0 saturated carbocycles. The summed E-state index contributed by atoms with van der Waals surface area (Å²) in [6.07, 6.45) is 0. The van der Waals surface area contributed by atoms with E-state index in [2.05, 4.69) is 15.5 Å². The minimum atomic E-state index is -0.274. The van der Waals surface area contributed by atoms with E-state index in [0.29, 0.717) is 28.2 Å². The van der Waals surface area contributed by atoms with Gasteiger partial charge in [0.1, 0.15) is 5.75 Å². The molecule has 122 valence electrons. The molecule has 1 aromatic heterocycles. The molecule has 0 atom stereocenters. The van der Waals surface area contributed by atoms with Gasteiger partial charge in [0.15, 0.2) is 6.61 Å². The Hall–Kier alpha value is -2.86. The second-order valence-electron chi connectivity index (χ2n) is 5.00. The summed E-state index contributed by atoms with van der Waals surface area (Å²) in [7, 11) is 0. The number of benzene rings is 2. The summed E-state index contributed by atoms with van der Waals surface area (Å²) in [4.78, 5) is 12.0. The van der Waals surface area contributed by atoms with Gasteiger partial charge >= 0.3 is 0 Å². The molecule has 2 aromatic carbocycles. The number of aryl methyl sites for hydroxylation is 1. The highest BCUT2D eigenvalue weighted by molar-refractivity contribution is 6.30. The zero-order chi connectivity index (χ0) is 16.9. The largest absolute Gasteiger partial charge is 0.484 e. The van der Waals surface area contributed by atoms with E-state index in [1.807, 2.05) is 6.07 Å². The van der Waals surface area contributed by atoms with Crippen LogP contribution in [0.25, 0.3) is 11.5 Å². The number of hydrogen-bond donors (Lipinski definition) is 1. The van der Waals surface area contributed by atoms with Crippen LogP contribution in [0.15, 0.2) is 52.9 Å². The van der Waals surface area contributed by atoms with Crippen LogP contribution in [-0.4, -0.2) is 22.7 Å². The molecule has 7 heteroatoms. The van der Waals surface area contributed by atoms with Gasteiger partial charge in [-0.05, 0) is 42.5 Å². The Balaban J connectivity index is 1.61. The highest BCUT2D eigenvalue weighted by atomic mass is 35.5. The SMILES string of the molecule is Cc1nnc(-c2cccc(NC(=O)COc3ccc(Cl)cc3)c2)o1. The second-order valence-corrected chi connectivity index (χ2v) is 5.43. The van der Waals surface area contributed by atoms with Crippen molar-refractivity contribution in [2.24, 2.45) is 0 Å². The summed E-state index contributed by atoms with van der Waals surface area (Å²) in [6.45, 7) is 1.61. The first-order valence-corrected chi connectivity index (χ1v) is 7.57. The van der Waals surface area contributed by atoms with E-state index in [-0.39, 0.29) is 12.5 Å². The van der Waals surface area contributed by atoms with Crippen LogP contribution in [0.4, 0.5) is 5.69 Å². The molecule has 0 bridgehead atoms. The zero-order valence-corrected chi connectivity index (χ0v) is 13.6. The van der Waals surface area contributed by atoms with Crippen LogP contribution < -0.4 is 10.1 Å². The zero-order valence-electron chi connectivity index (χ0n) is 12.8. The fourth-order valence-corrected chi connectivity index (χ4v) is 2.15. The van der Waals surface area contributed by atoms with Gasteiger partial charge < -0.3 is 14.5 Å². The molecule has 1 amide bonds. The van der Waals surface area contributed by atoms with Crippen molar-refractivity contribution in [3.63, 3.8) is 0 Å². The number of amides is 1. The van der Waals surface area contributed by atoms with Crippen molar-refractivity contribution in [1.29, 1.82) is 0 Å². The predicted molar refractivity (Wildman–Crippen MR) is 90.0 cm³/mol. The van der Waals surface area contributed by atoms with Crippen LogP contribution in [0.5, 0.6) is 5.75 Å². The maximum Gasteiger partial charge on any atom is 0.262 e. The fourth-order valence-electron chi connectivity index (χ4n) is 2.02. The smallest absolute Gasteiger partial charge is 0.262 e. The van der Waals surface area contributed by atoms with Crippen molar-refractivity contribution in [3.8, 4) is 17.2 Å². The Bertz CT molecular complexity index is 846. The molecule has 0 fully saturated rings. The van der Waals surface area contributed by atoms with Gasteiger partial charge in [-0.1, -0.05) is 17.7 Å². The van der Waals surface area contributed by atoms with E-state index in [0.717, 1.165) is 5.56 Å². The molecule has 24 heavy (non-hydrogen) atoms. The minimum absolute atomic E-state index is 0.106. The average molecular weight is 344 g/mol. The summed E-state index contributed by atoms with van der Waals surface area (Å²) in [5.74, 6) is 1.19. The number of carbonyl (C=O) groups is 1. The van der Waals surface area contributed by atoms with Gasteiger partial charge in [-0.3, -0.25) is 4.79 Å². The first-order valence-electron chi connectivity index (χ1n) is 7.19. The molecule has 0 aliphatic rings. The molecule has 0 aliphatic carbocycles. The number of rotatable bonds is 5. The fraction of sp³-hybridized carbons (Fsp3) is 0.118. The molecule has 3 rings (SSSR count). The van der Waals surface area contributed by atoms with Crippen molar-refractivity contribution in [1.82, 2.24) is 10.2 Å². The van der Waals surface area contributed by atoms with Gasteiger partial charge in [0.05, 0.1) is 0 Å². The number of nitrogens with one attached hydrogen (secondary N) is 1. The summed E-state index contributed by atoms with van der Waals surface area (Å²) in [5.41, 5.74) is 1.35. The molecule has 0 radical (unpaired) electrons. The van der Waals surface area contributed by atoms with Crippen molar-refractivity contribution >= 4 is 23.2 Å².